The van der Waals surface area contributed by atoms with Crippen LogP contribution in [-0.2, 0) is 19.1 Å². The molecule has 1 heterocycles. The van der Waals surface area contributed by atoms with Crippen LogP contribution in [0.1, 0.15) is 194 Å². The van der Waals surface area contributed by atoms with Crippen LogP contribution in [0.5, 0.6) is 0 Å². The highest BCUT2D eigenvalue weighted by Crippen LogP contribution is 2.22. The fraction of sp³-hybridized carbons (Fsp3) is 0.951. The van der Waals surface area contributed by atoms with Crippen LogP contribution in [0, 0.1) is 0 Å². The van der Waals surface area contributed by atoms with Crippen molar-refractivity contribution in [2.45, 2.75) is 230 Å². The molecule has 0 bridgehead atoms. The number of amides is 2. The van der Waals surface area contributed by atoms with E-state index in [1.54, 1.807) is 0 Å². The van der Waals surface area contributed by atoms with E-state index in [1.807, 2.05) is 0 Å². The van der Waals surface area contributed by atoms with Gasteiger partial charge < -0.3 is 40.5 Å². The lowest BCUT2D eigenvalue weighted by Crippen LogP contribution is -2.60. The molecular weight excluding hydrogens is 648 g/mol. The molecular formula is C41H80N2O8. The van der Waals surface area contributed by atoms with Crippen LogP contribution in [0.25, 0.3) is 0 Å². The topological polar surface area (TPSA) is 158 Å². The Morgan fingerprint density at radius 2 is 1.00 bits per heavy atom. The van der Waals surface area contributed by atoms with Gasteiger partial charge >= 0.3 is 0 Å². The maximum absolute atomic E-state index is 13.1. The Morgan fingerprint density at radius 3 is 1.43 bits per heavy atom. The van der Waals surface area contributed by atoms with Crippen molar-refractivity contribution in [3.8, 4) is 0 Å². The zero-order valence-electron chi connectivity index (χ0n) is 32.8. The van der Waals surface area contributed by atoms with Gasteiger partial charge in [0.2, 0.25) is 11.8 Å². The highest BCUT2D eigenvalue weighted by atomic mass is 16.7. The Labute approximate surface area is 311 Å². The first-order valence-electron chi connectivity index (χ1n) is 21.3. The summed E-state index contributed by atoms with van der Waals surface area (Å²) in [5, 5.41) is 45.7. The lowest BCUT2D eigenvalue weighted by molar-refractivity contribution is -0.301. The van der Waals surface area contributed by atoms with Gasteiger partial charge in [-0.3, -0.25) is 9.59 Å². The van der Waals surface area contributed by atoms with Crippen LogP contribution in [0.4, 0.5) is 0 Å². The Hall–Kier alpha value is -1.30. The fourth-order valence-electron chi connectivity index (χ4n) is 6.80. The van der Waals surface area contributed by atoms with Gasteiger partial charge in [-0.1, -0.05) is 174 Å². The predicted octanol–water partition coefficient (Wildman–Crippen LogP) is 7.37. The summed E-state index contributed by atoms with van der Waals surface area (Å²) in [6.07, 6.45) is 26.5. The summed E-state index contributed by atoms with van der Waals surface area (Å²) in [6, 6.07) is -1.02. The number of carbonyl (C=O) groups is 2. The van der Waals surface area contributed by atoms with Crippen molar-refractivity contribution in [1.29, 1.82) is 0 Å². The molecule has 6 atom stereocenters. The van der Waals surface area contributed by atoms with E-state index in [0.717, 1.165) is 38.5 Å². The van der Waals surface area contributed by atoms with Crippen molar-refractivity contribution >= 4 is 11.8 Å². The van der Waals surface area contributed by atoms with Crippen molar-refractivity contribution in [2.24, 2.45) is 0 Å². The van der Waals surface area contributed by atoms with Gasteiger partial charge in [0.15, 0.2) is 6.29 Å². The second kappa shape index (κ2) is 33.3. The molecule has 0 saturated carbocycles. The SMILES string of the molecule is CCCCCCCCCCCCCCCCCC(=O)N[C@@H](CO[C@@H]1O[C@@H](CO)[C@H](O)[C@H](O)[C@@H]1O)C(=O)NCCCCCCCCCCCCCC. The first-order chi connectivity index (χ1) is 24.8. The number of ether oxygens (including phenoxy) is 2. The van der Waals surface area contributed by atoms with Crippen LogP contribution in [-0.4, -0.2) is 88.7 Å². The fourth-order valence-corrected chi connectivity index (χ4v) is 6.80. The van der Waals surface area contributed by atoms with Crippen molar-refractivity contribution in [3.63, 3.8) is 0 Å². The van der Waals surface area contributed by atoms with Gasteiger partial charge in [0, 0.05) is 13.0 Å². The molecule has 0 radical (unpaired) electrons. The monoisotopic (exact) mass is 729 g/mol. The smallest absolute Gasteiger partial charge is 0.244 e. The van der Waals surface area contributed by atoms with Gasteiger partial charge in [0.05, 0.1) is 13.2 Å². The second-order valence-corrected chi connectivity index (χ2v) is 15.0. The summed E-state index contributed by atoms with van der Waals surface area (Å²) in [6.45, 7) is 4.11. The van der Waals surface area contributed by atoms with E-state index in [1.165, 1.54) is 135 Å². The third-order valence-electron chi connectivity index (χ3n) is 10.3. The number of hydrogen-bond acceptors (Lipinski definition) is 8. The molecule has 1 rings (SSSR count). The minimum Gasteiger partial charge on any atom is -0.394 e. The summed E-state index contributed by atoms with van der Waals surface area (Å²) in [4.78, 5) is 26.0. The number of hydrogen-bond donors (Lipinski definition) is 6. The molecule has 10 nitrogen and oxygen atoms in total. The van der Waals surface area contributed by atoms with Crippen LogP contribution in [0.2, 0.25) is 0 Å². The Morgan fingerprint density at radius 1 is 0.588 bits per heavy atom. The van der Waals surface area contributed by atoms with E-state index in [0.29, 0.717) is 13.0 Å². The van der Waals surface area contributed by atoms with Crippen molar-refractivity contribution in [1.82, 2.24) is 10.6 Å². The number of aliphatic hydroxyl groups excluding tert-OH is 4. The molecule has 1 aliphatic heterocycles. The van der Waals surface area contributed by atoms with Crippen molar-refractivity contribution in [2.75, 3.05) is 19.8 Å². The largest absolute Gasteiger partial charge is 0.394 e. The van der Waals surface area contributed by atoms with Crippen LogP contribution in [0.15, 0.2) is 0 Å². The third-order valence-corrected chi connectivity index (χ3v) is 10.3. The van der Waals surface area contributed by atoms with Crippen LogP contribution in [0.3, 0.4) is 0 Å². The van der Waals surface area contributed by atoms with Crippen LogP contribution < -0.4 is 10.6 Å². The van der Waals surface area contributed by atoms with Crippen LogP contribution >= 0.6 is 0 Å². The van der Waals surface area contributed by atoms with E-state index in [-0.39, 0.29) is 18.4 Å². The van der Waals surface area contributed by atoms with Crippen molar-refractivity contribution in [3.05, 3.63) is 0 Å². The Balaban J connectivity index is 2.35. The Bertz CT molecular complexity index is 817. The highest BCUT2D eigenvalue weighted by molar-refractivity contribution is 5.87. The maximum Gasteiger partial charge on any atom is 0.244 e. The molecule has 6 N–H and O–H groups in total. The lowest BCUT2D eigenvalue weighted by Gasteiger charge is -2.39. The van der Waals surface area contributed by atoms with Gasteiger partial charge in [-0.15, -0.1) is 0 Å². The summed E-state index contributed by atoms with van der Waals surface area (Å²) in [5.74, 6) is -0.625. The minimum absolute atomic E-state index is 0.243. The molecule has 302 valence electrons. The number of unbranched alkanes of at least 4 members (excludes halogenated alkanes) is 25. The molecule has 2 amide bonds. The Kier molecular flexibility index (Phi) is 31.1. The molecule has 0 aromatic heterocycles. The molecule has 10 heteroatoms. The molecule has 0 aliphatic carbocycles. The molecule has 1 aliphatic rings. The standard InChI is InChI=1S/C41H80N2O8/c1-3-5-7-9-11-13-15-17-18-19-20-22-24-26-28-30-36(45)43-34(33-50-41-39(48)38(47)37(46)35(32-44)51-41)40(49)42-31-29-27-25-23-21-16-14-12-10-8-6-4-2/h34-35,37-39,41,44,46-48H,3-33H2,1-2H3,(H,42,49)(H,43,45)/t34-,35-,37-,38-,39-,41+/m0/s1. The quantitative estimate of drug-likeness (QED) is 0.0370. The molecule has 51 heavy (non-hydrogen) atoms. The average molecular weight is 729 g/mol. The van der Waals surface area contributed by atoms with Gasteiger partial charge in [-0.25, -0.2) is 0 Å². The molecule has 0 spiro atoms. The number of carbonyl (C=O) groups excluding carboxylic acids is 2. The lowest BCUT2D eigenvalue weighted by atomic mass is 9.99. The van der Waals surface area contributed by atoms with E-state index >= 15 is 0 Å². The van der Waals surface area contributed by atoms with E-state index in [9.17, 15) is 30.0 Å². The highest BCUT2D eigenvalue weighted by Gasteiger charge is 2.44. The first-order valence-corrected chi connectivity index (χ1v) is 21.3. The second-order valence-electron chi connectivity index (χ2n) is 15.0. The minimum atomic E-state index is -1.58. The number of nitrogens with one attached hydrogen (secondary N) is 2. The van der Waals surface area contributed by atoms with Gasteiger partial charge in [0.25, 0.3) is 0 Å². The van der Waals surface area contributed by atoms with E-state index in [4.69, 9.17) is 9.47 Å². The summed E-state index contributed by atoms with van der Waals surface area (Å²) < 4.78 is 11.1. The van der Waals surface area contributed by atoms with Gasteiger partial charge in [0.1, 0.15) is 30.5 Å². The normalized spacial score (nSPS) is 21.1. The number of aliphatic hydroxyl groups is 4. The number of rotatable bonds is 35. The average Bonchev–Trinajstić information content (AvgIpc) is 3.13. The zero-order chi connectivity index (χ0) is 37.4. The first kappa shape index (κ1) is 47.7. The predicted molar refractivity (Wildman–Crippen MR) is 205 cm³/mol. The van der Waals surface area contributed by atoms with E-state index in [2.05, 4.69) is 24.5 Å². The molecule has 0 unspecified atom stereocenters. The summed E-state index contributed by atoms with van der Waals surface area (Å²) >= 11 is 0. The zero-order valence-corrected chi connectivity index (χ0v) is 32.8. The molecule has 0 aromatic carbocycles. The van der Waals surface area contributed by atoms with Crippen molar-refractivity contribution < 1.29 is 39.5 Å². The molecule has 1 saturated heterocycles. The van der Waals surface area contributed by atoms with Gasteiger partial charge in [-0.05, 0) is 12.8 Å². The van der Waals surface area contributed by atoms with Gasteiger partial charge in [-0.2, -0.15) is 0 Å². The molecule has 0 aromatic rings. The molecule has 1 fully saturated rings. The van der Waals surface area contributed by atoms with E-state index < -0.39 is 43.4 Å². The maximum atomic E-state index is 13.1. The summed E-state index contributed by atoms with van der Waals surface area (Å²) in [7, 11) is 0. The third kappa shape index (κ3) is 24.6. The summed E-state index contributed by atoms with van der Waals surface area (Å²) in [5.41, 5.74) is 0.